The number of aromatic carboxylic acids is 1. The monoisotopic (exact) mass is 287 g/mol. The van der Waals surface area contributed by atoms with Crippen molar-refractivity contribution in [1.82, 2.24) is 0 Å². The van der Waals surface area contributed by atoms with Gasteiger partial charge in [0.1, 0.15) is 0 Å². The Morgan fingerprint density at radius 3 is 2.05 bits per heavy atom. The largest absolute Gasteiger partial charge is 0.550 e. The van der Waals surface area contributed by atoms with E-state index in [0.29, 0.717) is 12.1 Å². The Morgan fingerprint density at radius 2 is 1.52 bits per heavy atom. The van der Waals surface area contributed by atoms with Gasteiger partial charge >= 0.3 is 0 Å². The summed E-state index contributed by atoms with van der Waals surface area (Å²) in [6.07, 6.45) is 4.09. The van der Waals surface area contributed by atoms with Crippen molar-refractivity contribution in [2.75, 3.05) is 5.32 Å². The van der Waals surface area contributed by atoms with Gasteiger partial charge in [0, 0.05) is 17.6 Å². The fourth-order valence-corrected chi connectivity index (χ4v) is 2.29. The number of hydrogen-bond acceptors (Lipinski definition) is 5. The highest BCUT2D eigenvalue weighted by molar-refractivity contribution is 5.95. The third-order valence-electron chi connectivity index (χ3n) is 3.46. The Hall–Kier alpha value is -2.63. The van der Waals surface area contributed by atoms with Crippen molar-refractivity contribution >= 4 is 23.5 Å². The number of nitrogens with one attached hydrogen (secondary N) is 1. The molecule has 0 fully saturated rings. The minimum Gasteiger partial charge on any atom is -0.550 e. The summed E-state index contributed by atoms with van der Waals surface area (Å²) in [6.45, 7) is 0. The first-order valence-corrected chi connectivity index (χ1v) is 6.47. The number of anilines is 1. The van der Waals surface area contributed by atoms with Crippen LogP contribution in [0.15, 0.2) is 36.4 Å². The molecule has 21 heavy (non-hydrogen) atoms. The summed E-state index contributed by atoms with van der Waals surface area (Å²) in [6, 6.07) is 5.47. The van der Waals surface area contributed by atoms with Crippen LogP contribution in [0.2, 0.25) is 0 Å². The summed E-state index contributed by atoms with van der Waals surface area (Å²) in [5, 5.41) is 24.3. The number of carboxylic acid groups (broad SMARTS) is 2. The van der Waals surface area contributed by atoms with Crippen molar-refractivity contribution in [2.45, 2.75) is 12.8 Å². The van der Waals surface area contributed by atoms with E-state index in [9.17, 15) is 24.6 Å². The molecule has 1 aromatic carbocycles. The van der Waals surface area contributed by atoms with Crippen molar-refractivity contribution in [3.05, 3.63) is 42.0 Å². The van der Waals surface area contributed by atoms with Crippen LogP contribution in [0.25, 0.3) is 0 Å². The quantitative estimate of drug-likeness (QED) is 0.738. The van der Waals surface area contributed by atoms with Gasteiger partial charge in [-0.25, -0.2) is 0 Å². The topological polar surface area (TPSA) is 109 Å². The van der Waals surface area contributed by atoms with Crippen LogP contribution in [0.5, 0.6) is 0 Å². The number of benzene rings is 1. The first-order chi connectivity index (χ1) is 9.99. The molecule has 1 amide bonds. The maximum absolute atomic E-state index is 12.1. The Balaban J connectivity index is 2.08. The van der Waals surface area contributed by atoms with Crippen LogP contribution in [0, 0.1) is 11.8 Å². The third kappa shape index (κ3) is 3.47. The van der Waals surface area contributed by atoms with Crippen LogP contribution < -0.4 is 15.5 Å². The highest BCUT2D eigenvalue weighted by Gasteiger charge is 2.29. The first-order valence-electron chi connectivity index (χ1n) is 6.47. The predicted molar refractivity (Wildman–Crippen MR) is 69.8 cm³/mol. The minimum atomic E-state index is -1.30. The molecular formula is C15H13NO5-2. The van der Waals surface area contributed by atoms with E-state index < -0.39 is 29.7 Å². The number of allylic oxidation sites excluding steroid dienone is 2. The summed E-state index contributed by atoms with van der Waals surface area (Å²) in [5.74, 6) is -4.51. The molecule has 0 saturated carbocycles. The lowest BCUT2D eigenvalue weighted by molar-refractivity contribution is -0.313. The molecule has 0 unspecified atom stereocenters. The van der Waals surface area contributed by atoms with Crippen molar-refractivity contribution < 1.29 is 24.6 Å². The molecule has 0 saturated heterocycles. The van der Waals surface area contributed by atoms with E-state index in [-0.39, 0.29) is 12.0 Å². The average Bonchev–Trinajstić information content (AvgIpc) is 2.47. The zero-order chi connectivity index (χ0) is 15.4. The van der Waals surface area contributed by atoms with E-state index in [0.717, 1.165) is 0 Å². The predicted octanol–water partition coefficient (Wildman–Crippen LogP) is -0.679. The Morgan fingerprint density at radius 1 is 0.952 bits per heavy atom. The Labute approximate surface area is 121 Å². The SMILES string of the molecule is O=C([O-])c1ccc(NC(=O)[C@H]2CC=CC[C@@H]2C(=O)[O-])cc1. The molecule has 1 aromatic rings. The summed E-state index contributed by atoms with van der Waals surface area (Å²) < 4.78 is 0. The number of hydrogen-bond donors (Lipinski definition) is 1. The van der Waals surface area contributed by atoms with Gasteiger partial charge < -0.3 is 25.1 Å². The molecule has 2 atom stereocenters. The molecule has 110 valence electrons. The molecule has 2 rings (SSSR count). The van der Waals surface area contributed by atoms with Crippen LogP contribution in [-0.2, 0) is 9.59 Å². The second kappa shape index (κ2) is 6.21. The van der Waals surface area contributed by atoms with E-state index in [1.54, 1.807) is 12.2 Å². The molecule has 6 nitrogen and oxygen atoms in total. The molecule has 0 aliphatic heterocycles. The van der Waals surface area contributed by atoms with Gasteiger partial charge in [-0.1, -0.05) is 24.3 Å². The number of carbonyl (C=O) groups excluding carboxylic acids is 3. The highest BCUT2D eigenvalue weighted by Crippen LogP contribution is 2.26. The number of amides is 1. The fraction of sp³-hybridized carbons (Fsp3) is 0.267. The number of carboxylic acids is 2. The molecule has 0 spiro atoms. The van der Waals surface area contributed by atoms with E-state index in [1.165, 1.54) is 24.3 Å². The lowest BCUT2D eigenvalue weighted by Gasteiger charge is -2.28. The molecule has 1 aliphatic rings. The van der Waals surface area contributed by atoms with E-state index in [4.69, 9.17) is 0 Å². The molecule has 1 aliphatic carbocycles. The van der Waals surface area contributed by atoms with Gasteiger partial charge in [0.15, 0.2) is 0 Å². The van der Waals surface area contributed by atoms with Gasteiger partial charge in [0.05, 0.1) is 11.9 Å². The zero-order valence-electron chi connectivity index (χ0n) is 11.1. The molecule has 0 heterocycles. The molecule has 6 heteroatoms. The first kappa shape index (κ1) is 14.8. The zero-order valence-corrected chi connectivity index (χ0v) is 11.1. The summed E-state index contributed by atoms with van der Waals surface area (Å²) in [7, 11) is 0. The number of aliphatic carboxylic acids is 1. The van der Waals surface area contributed by atoms with Gasteiger partial charge in [-0.2, -0.15) is 0 Å². The van der Waals surface area contributed by atoms with Crippen molar-refractivity contribution in [3.8, 4) is 0 Å². The van der Waals surface area contributed by atoms with Crippen LogP contribution in [0.3, 0.4) is 0 Å². The summed E-state index contributed by atoms with van der Waals surface area (Å²) in [5.41, 5.74) is 0.401. The average molecular weight is 287 g/mol. The maximum Gasteiger partial charge on any atom is 0.228 e. The van der Waals surface area contributed by atoms with Gasteiger partial charge in [-0.3, -0.25) is 4.79 Å². The summed E-state index contributed by atoms with van der Waals surface area (Å²) >= 11 is 0. The number of carbonyl (C=O) groups is 3. The van der Waals surface area contributed by atoms with Gasteiger partial charge in [0.25, 0.3) is 0 Å². The van der Waals surface area contributed by atoms with Crippen molar-refractivity contribution in [1.29, 1.82) is 0 Å². The second-order valence-corrected chi connectivity index (χ2v) is 4.83. The van der Waals surface area contributed by atoms with E-state index in [2.05, 4.69) is 5.32 Å². The minimum absolute atomic E-state index is 0.00112. The molecular weight excluding hydrogens is 274 g/mol. The maximum atomic E-state index is 12.1. The summed E-state index contributed by atoms with van der Waals surface area (Å²) in [4.78, 5) is 33.8. The molecule has 1 N–H and O–H groups in total. The number of rotatable bonds is 4. The van der Waals surface area contributed by atoms with Crippen LogP contribution >= 0.6 is 0 Å². The van der Waals surface area contributed by atoms with Crippen LogP contribution in [-0.4, -0.2) is 17.8 Å². The second-order valence-electron chi connectivity index (χ2n) is 4.83. The van der Waals surface area contributed by atoms with Crippen LogP contribution in [0.4, 0.5) is 5.69 Å². The lowest BCUT2D eigenvalue weighted by atomic mass is 9.82. The van der Waals surface area contributed by atoms with Crippen molar-refractivity contribution in [3.63, 3.8) is 0 Å². The third-order valence-corrected chi connectivity index (χ3v) is 3.46. The van der Waals surface area contributed by atoms with Crippen LogP contribution in [0.1, 0.15) is 23.2 Å². The molecule has 0 aromatic heterocycles. The molecule has 0 radical (unpaired) electrons. The highest BCUT2D eigenvalue weighted by atomic mass is 16.4. The lowest BCUT2D eigenvalue weighted by Crippen LogP contribution is -2.41. The van der Waals surface area contributed by atoms with Gasteiger partial charge in [-0.05, 0) is 30.5 Å². The van der Waals surface area contributed by atoms with Gasteiger partial charge in [-0.15, -0.1) is 0 Å². The normalized spacial score (nSPS) is 20.8. The van der Waals surface area contributed by atoms with Gasteiger partial charge in [0.2, 0.25) is 5.91 Å². The van der Waals surface area contributed by atoms with E-state index in [1.807, 2.05) is 0 Å². The Kier molecular flexibility index (Phi) is 4.37. The smallest absolute Gasteiger partial charge is 0.228 e. The Bertz CT molecular complexity index is 591. The van der Waals surface area contributed by atoms with E-state index >= 15 is 0 Å². The molecule has 0 bridgehead atoms. The standard InChI is InChI=1S/C15H15NO5/c17-13(11-3-1-2-4-12(11)15(20)21)16-10-7-5-9(6-8-10)14(18)19/h1-2,5-8,11-12H,3-4H2,(H,16,17)(H,18,19)(H,20,21)/p-2/t11-,12-/m0/s1. The fourth-order valence-electron chi connectivity index (χ4n) is 2.29. The van der Waals surface area contributed by atoms with Crippen molar-refractivity contribution in [2.24, 2.45) is 11.8 Å².